The van der Waals surface area contributed by atoms with Crippen LogP contribution < -0.4 is 5.73 Å². The predicted octanol–water partition coefficient (Wildman–Crippen LogP) is 1.60. The van der Waals surface area contributed by atoms with Gasteiger partial charge in [-0.05, 0) is 25.7 Å². The van der Waals surface area contributed by atoms with Crippen LogP contribution in [0.2, 0.25) is 0 Å². The Labute approximate surface area is 114 Å². The lowest BCUT2D eigenvalue weighted by Crippen LogP contribution is -2.50. The molecule has 1 saturated heterocycles. The quantitative estimate of drug-likeness (QED) is 0.443. The fourth-order valence-electron chi connectivity index (χ4n) is 3.79. The van der Waals surface area contributed by atoms with Crippen molar-refractivity contribution in [3.8, 4) is 0 Å². The molecule has 4 heteroatoms. The zero-order chi connectivity index (χ0) is 13.4. The molecule has 104 valence electrons. The Hall–Kier alpha value is -1.16. The molecule has 0 aromatic carbocycles. The van der Waals surface area contributed by atoms with Gasteiger partial charge in [-0.25, -0.2) is 0 Å². The van der Waals surface area contributed by atoms with Gasteiger partial charge >= 0.3 is 0 Å². The van der Waals surface area contributed by atoms with Crippen molar-refractivity contribution in [3.63, 3.8) is 0 Å². The Morgan fingerprint density at radius 3 is 2.16 bits per heavy atom. The van der Waals surface area contributed by atoms with Crippen molar-refractivity contribution in [2.24, 2.45) is 17.6 Å². The van der Waals surface area contributed by atoms with Gasteiger partial charge in [-0.15, -0.1) is 0 Å². The molecule has 19 heavy (non-hydrogen) atoms. The summed E-state index contributed by atoms with van der Waals surface area (Å²) in [5.74, 6) is -0.177. The Morgan fingerprint density at radius 2 is 1.53 bits per heavy atom. The summed E-state index contributed by atoms with van der Waals surface area (Å²) >= 11 is 0. The summed E-state index contributed by atoms with van der Waals surface area (Å²) in [5.41, 5.74) is 6.21. The first-order valence-electron chi connectivity index (χ1n) is 7.47. The van der Waals surface area contributed by atoms with E-state index < -0.39 is 0 Å². The summed E-state index contributed by atoms with van der Waals surface area (Å²) in [6.45, 7) is 0. The van der Waals surface area contributed by atoms with Crippen molar-refractivity contribution < 1.29 is 9.59 Å². The van der Waals surface area contributed by atoms with Crippen molar-refractivity contribution in [1.82, 2.24) is 4.90 Å². The Balaban J connectivity index is 1.84. The van der Waals surface area contributed by atoms with Crippen molar-refractivity contribution in [2.75, 3.05) is 0 Å². The van der Waals surface area contributed by atoms with Gasteiger partial charge in [0.05, 0.1) is 17.9 Å². The van der Waals surface area contributed by atoms with Gasteiger partial charge in [0.15, 0.2) is 0 Å². The topological polar surface area (TPSA) is 63.4 Å². The third-order valence-electron chi connectivity index (χ3n) is 4.90. The van der Waals surface area contributed by atoms with Crippen LogP contribution in [-0.4, -0.2) is 28.8 Å². The molecule has 4 nitrogen and oxygen atoms in total. The fourth-order valence-corrected chi connectivity index (χ4v) is 3.79. The second kappa shape index (κ2) is 5.08. The molecule has 4 atom stereocenters. The number of imide groups is 1. The maximum Gasteiger partial charge on any atom is 0.233 e. The van der Waals surface area contributed by atoms with Crippen LogP contribution in [0.3, 0.4) is 0 Å². The first kappa shape index (κ1) is 12.9. The molecule has 2 fully saturated rings. The number of hydrogen-bond acceptors (Lipinski definition) is 3. The van der Waals surface area contributed by atoms with Gasteiger partial charge in [0.2, 0.25) is 11.8 Å². The van der Waals surface area contributed by atoms with E-state index in [1.165, 1.54) is 0 Å². The number of hydrogen-bond donors (Lipinski definition) is 1. The van der Waals surface area contributed by atoms with Crippen molar-refractivity contribution in [3.05, 3.63) is 12.2 Å². The van der Waals surface area contributed by atoms with E-state index in [0.717, 1.165) is 32.1 Å². The molecule has 0 aromatic rings. The van der Waals surface area contributed by atoms with E-state index in [-0.39, 0.29) is 35.7 Å². The summed E-state index contributed by atoms with van der Waals surface area (Å²) in [7, 11) is 0. The highest BCUT2D eigenvalue weighted by molar-refractivity contribution is 6.05. The molecule has 0 spiro atoms. The van der Waals surface area contributed by atoms with E-state index in [1.807, 2.05) is 12.2 Å². The van der Waals surface area contributed by atoms with Gasteiger partial charge in [0, 0.05) is 6.04 Å². The SMILES string of the molecule is NC1CCCCCC1N1C(=O)[C@H]2CC=CC[C@H]2C1=O. The summed E-state index contributed by atoms with van der Waals surface area (Å²) < 4.78 is 0. The Bertz CT molecular complexity index is 392. The summed E-state index contributed by atoms with van der Waals surface area (Å²) in [6, 6.07) is -0.100. The molecule has 3 aliphatic rings. The zero-order valence-electron chi connectivity index (χ0n) is 11.3. The molecule has 2 unspecified atom stereocenters. The molecule has 0 bridgehead atoms. The molecule has 3 rings (SSSR count). The molecule has 1 aliphatic heterocycles. The lowest BCUT2D eigenvalue weighted by Gasteiger charge is -2.30. The predicted molar refractivity (Wildman–Crippen MR) is 72.1 cm³/mol. The number of nitrogens with zero attached hydrogens (tertiary/aromatic N) is 1. The van der Waals surface area contributed by atoms with E-state index in [9.17, 15) is 9.59 Å². The molecule has 0 radical (unpaired) electrons. The minimum Gasteiger partial charge on any atom is -0.326 e. The molecule has 1 heterocycles. The number of rotatable bonds is 1. The van der Waals surface area contributed by atoms with Gasteiger partial charge in [-0.3, -0.25) is 14.5 Å². The maximum atomic E-state index is 12.5. The number of carbonyl (C=O) groups excluding carboxylic acids is 2. The standard InChI is InChI=1S/C15H22N2O2/c16-12-8-2-1-3-9-13(12)17-14(18)10-6-4-5-7-11(10)15(17)19/h4-5,10-13H,1-3,6-9,16H2/t10-,11+,12?,13?. The van der Waals surface area contributed by atoms with E-state index in [1.54, 1.807) is 4.90 Å². The third-order valence-corrected chi connectivity index (χ3v) is 4.90. The highest BCUT2D eigenvalue weighted by Gasteiger charge is 2.50. The average Bonchev–Trinajstić information content (AvgIpc) is 2.57. The monoisotopic (exact) mass is 262 g/mol. The van der Waals surface area contributed by atoms with Crippen LogP contribution in [-0.2, 0) is 9.59 Å². The van der Waals surface area contributed by atoms with E-state index in [0.29, 0.717) is 12.8 Å². The van der Waals surface area contributed by atoms with Crippen molar-refractivity contribution >= 4 is 11.8 Å². The number of fused-ring (bicyclic) bond motifs is 1. The van der Waals surface area contributed by atoms with Gasteiger partial charge in [0.1, 0.15) is 0 Å². The van der Waals surface area contributed by atoms with Gasteiger partial charge < -0.3 is 5.73 Å². The second-order valence-electron chi connectivity index (χ2n) is 6.07. The fraction of sp³-hybridized carbons (Fsp3) is 0.733. The first-order chi connectivity index (χ1) is 9.20. The second-order valence-corrected chi connectivity index (χ2v) is 6.07. The van der Waals surface area contributed by atoms with E-state index in [4.69, 9.17) is 5.73 Å². The van der Waals surface area contributed by atoms with Crippen LogP contribution in [0.25, 0.3) is 0 Å². The van der Waals surface area contributed by atoms with Gasteiger partial charge in [-0.1, -0.05) is 31.4 Å². The largest absolute Gasteiger partial charge is 0.326 e. The van der Waals surface area contributed by atoms with Crippen LogP contribution in [0.5, 0.6) is 0 Å². The van der Waals surface area contributed by atoms with Gasteiger partial charge in [-0.2, -0.15) is 0 Å². The van der Waals surface area contributed by atoms with Crippen LogP contribution in [0.4, 0.5) is 0 Å². The number of likely N-dealkylation sites (tertiary alicyclic amines) is 1. The van der Waals surface area contributed by atoms with Crippen molar-refractivity contribution in [1.29, 1.82) is 0 Å². The maximum absolute atomic E-state index is 12.5. The number of amides is 2. The van der Waals surface area contributed by atoms with Gasteiger partial charge in [0.25, 0.3) is 0 Å². The molecule has 2 aliphatic carbocycles. The zero-order valence-corrected chi connectivity index (χ0v) is 11.3. The summed E-state index contributed by atoms with van der Waals surface area (Å²) in [4.78, 5) is 26.6. The smallest absolute Gasteiger partial charge is 0.233 e. The van der Waals surface area contributed by atoms with Crippen LogP contribution in [0.1, 0.15) is 44.9 Å². The average molecular weight is 262 g/mol. The minimum atomic E-state index is -0.118. The molecule has 2 amide bonds. The number of carbonyl (C=O) groups is 2. The van der Waals surface area contributed by atoms with Crippen LogP contribution in [0.15, 0.2) is 12.2 Å². The number of allylic oxidation sites excluding steroid dienone is 2. The molecule has 1 saturated carbocycles. The van der Waals surface area contributed by atoms with Crippen LogP contribution >= 0.6 is 0 Å². The lowest BCUT2D eigenvalue weighted by molar-refractivity contribution is -0.143. The summed E-state index contributed by atoms with van der Waals surface area (Å²) in [5, 5.41) is 0. The first-order valence-corrected chi connectivity index (χ1v) is 7.47. The number of nitrogens with two attached hydrogens (primary N) is 1. The lowest BCUT2D eigenvalue weighted by atomic mass is 9.85. The Morgan fingerprint density at radius 1 is 0.947 bits per heavy atom. The van der Waals surface area contributed by atoms with E-state index >= 15 is 0 Å². The molecule has 2 N–H and O–H groups in total. The molecular weight excluding hydrogens is 240 g/mol. The van der Waals surface area contributed by atoms with E-state index in [2.05, 4.69) is 0 Å². The van der Waals surface area contributed by atoms with Crippen LogP contribution in [0, 0.1) is 11.8 Å². The minimum absolute atomic E-state index is 0.0294. The summed E-state index contributed by atoms with van der Waals surface area (Å²) in [6.07, 6.45) is 10.6. The van der Waals surface area contributed by atoms with Crippen molar-refractivity contribution in [2.45, 2.75) is 57.0 Å². The highest BCUT2D eigenvalue weighted by Crippen LogP contribution is 2.38. The normalized spacial score (nSPS) is 39.3. The highest BCUT2D eigenvalue weighted by atomic mass is 16.2. The third kappa shape index (κ3) is 2.12. The molecule has 0 aromatic heterocycles. The molecular formula is C15H22N2O2. The Kier molecular flexibility index (Phi) is 3.44.